The van der Waals surface area contributed by atoms with E-state index in [2.05, 4.69) is 5.32 Å². The quantitative estimate of drug-likeness (QED) is 0.799. The molecule has 0 bridgehead atoms. The molecular weight excluding hydrogens is 228 g/mol. The van der Waals surface area contributed by atoms with Crippen molar-refractivity contribution in [2.24, 2.45) is 5.14 Å². The molecule has 0 saturated carbocycles. The van der Waals surface area contributed by atoms with Gasteiger partial charge in [0.05, 0.1) is 12.9 Å². The standard InChI is InChI=1S/C10H16N2O3S/c1-8-7-9(3-4-10(8)15-2)12-5-6-16(11,13)14/h3-4,7,12H,5-6H2,1-2H3,(H2,11,13,14). The van der Waals surface area contributed by atoms with Gasteiger partial charge in [-0.25, -0.2) is 13.6 Å². The third kappa shape index (κ3) is 4.08. The molecule has 0 aliphatic carbocycles. The number of hydrogen-bond acceptors (Lipinski definition) is 4. The van der Waals surface area contributed by atoms with Crippen LogP contribution in [0.4, 0.5) is 5.69 Å². The van der Waals surface area contributed by atoms with E-state index in [9.17, 15) is 8.42 Å². The van der Waals surface area contributed by atoms with E-state index in [-0.39, 0.29) is 5.75 Å². The fraction of sp³-hybridized carbons (Fsp3) is 0.400. The van der Waals surface area contributed by atoms with Gasteiger partial charge >= 0.3 is 0 Å². The van der Waals surface area contributed by atoms with E-state index in [1.807, 2.05) is 25.1 Å². The van der Waals surface area contributed by atoms with Gasteiger partial charge in [0.15, 0.2) is 0 Å². The Morgan fingerprint density at radius 2 is 2.12 bits per heavy atom. The van der Waals surface area contributed by atoms with E-state index in [4.69, 9.17) is 9.88 Å². The van der Waals surface area contributed by atoms with Gasteiger partial charge in [-0.05, 0) is 30.7 Å². The highest BCUT2D eigenvalue weighted by Gasteiger charge is 2.03. The van der Waals surface area contributed by atoms with Crippen LogP contribution in [0.5, 0.6) is 5.75 Å². The second-order valence-electron chi connectivity index (χ2n) is 3.48. The van der Waals surface area contributed by atoms with Crippen LogP contribution in [0.1, 0.15) is 5.56 Å². The first-order valence-corrected chi connectivity index (χ1v) is 6.53. The highest BCUT2D eigenvalue weighted by Crippen LogP contribution is 2.21. The van der Waals surface area contributed by atoms with Gasteiger partial charge in [-0.2, -0.15) is 0 Å². The summed E-state index contributed by atoms with van der Waals surface area (Å²) in [5.41, 5.74) is 1.84. The highest BCUT2D eigenvalue weighted by molar-refractivity contribution is 7.89. The van der Waals surface area contributed by atoms with Crippen LogP contribution < -0.4 is 15.2 Å². The Labute approximate surface area is 95.7 Å². The molecule has 3 N–H and O–H groups in total. The number of rotatable bonds is 5. The van der Waals surface area contributed by atoms with E-state index < -0.39 is 10.0 Å². The molecule has 0 atom stereocenters. The average molecular weight is 244 g/mol. The van der Waals surface area contributed by atoms with E-state index in [1.54, 1.807) is 7.11 Å². The number of methoxy groups -OCH3 is 1. The van der Waals surface area contributed by atoms with Crippen molar-refractivity contribution in [3.63, 3.8) is 0 Å². The molecular formula is C10H16N2O3S. The second-order valence-corrected chi connectivity index (χ2v) is 5.21. The molecule has 1 aromatic rings. The smallest absolute Gasteiger partial charge is 0.210 e. The summed E-state index contributed by atoms with van der Waals surface area (Å²) in [6.07, 6.45) is 0. The van der Waals surface area contributed by atoms with Gasteiger partial charge in [0, 0.05) is 12.2 Å². The van der Waals surface area contributed by atoms with Gasteiger partial charge in [0.25, 0.3) is 0 Å². The highest BCUT2D eigenvalue weighted by atomic mass is 32.2. The zero-order chi connectivity index (χ0) is 12.2. The minimum Gasteiger partial charge on any atom is -0.496 e. The summed E-state index contributed by atoms with van der Waals surface area (Å²) in [7, 11) is -1.80. The third-order valence-corrected chi connectivity index (χ3v) is 2.88. The topological polar surface area (TPSA) is 81.4 Å². The van der Waals surface area contributed by atoms with Gasteiger partial charge in [0.1, 0.15) is 5.75 Å². The number of ether oxygens (including phenoxy) is 1. The van der Waals surface area contributed by atoms with Crippen molar-refractivity contribution in [3.05, 3.63) is 23.8 Å². The first-order chi connectivity index (χ1) is 7.42. The Bertz CT molecular complexity index is 457. The van der Waals surface area contributed by atoms with Crippen molar-refractivity contribution >= 4 is 15.7 Å². The van der Waals surface area contributed by atoms with Gasteiger partial charge < -0.3 is 10.1 Å². The SMILES string of the molecule is COc1ccc(NCCS(N)(=O)=O)cc1C. The van der Waals surface area contributed by atoms with Gasteiger partial charge in [-0.1, -0.05) is 0 Å². The van der Waals surface area contributed by atoms with Crippen LogP contribution in [0.3, 0.4) is 0 Å². The molecule has 0 heterocycles. The minimum absolute atomic E-state index is 0.0852. The van der Waals surface area contributed by atoms with Crippen LogP contribution in [0.15, 0.2) is 18.2 Å². The Morgan fingerprint density at radius 3 is 2.62 bits per heavy atom. The lowest BCUT2D eigenvalue weighted by atomic mass is 10.2. The summed E-state index contributed by atoms with van der Waals surface area (Å²) >= 11 is 0. The summed E-state index contributed by atoms with van der Waals surface area (Å²) < 4.78 is 26.5. The molecule has 1 aromatic carbocycles. The summed E-state index contributed by atoms with van der Waals surface area (Å²) in [5, 5.41) is 7.87. The Kier molecular flexibility index (Phi) is 4.14. The number of aryl methyl sites for hydroxylation is 1. The molecule has 1 rings (SSSR count). The van der Waals surface area contributed by atoms with E-state index in [1.165, 1.54) is 0 Å². The molecule has 6 heteroatoms. The Hall–Kier alpha value is -1.27. The Morgan fingerprint density at radius 1 is 1.44 bits per heavy atom. The molecule has 0 saturated heterocycles. The zero-order valence-corrected chi connectivity index (χ0v) is 10.2. The summed E-state index contributed by atoms with van der Waals surface area (Å²) in [4.78, 5) is 0. The van der Waals surface area contributed by atoms with Crippen molar-refractivity contribution in [2.75, 3.05) is 24.7 Å². The molecule has 90 valence electrons. The summed E-state index contributed by atoms with van der Waals surface area (Å²) in [6, 6.07) is 5.55. The lowest BCUT2D eigenvalue weighted by Gasteiger charge is -2.09. The molecule has 0 aliphatic heterocycles. The van der Waals surface area contributed by atoms with Crippen LogP contribution in [0.2, 0.25) is 0 Å². The van der Waals surface area contributed by atoms with Crippen molar-refractivity contribution in [1.82, 2.24) is 0 Å². The number of primary sulfonamides is 1. The Balaban J connectivity index is 2.59. The fourth-order valence-corrected chi connectivity index (χ4v) is 1.71. The number of benzene rings is 1. The maximum Gasteiger partial charge on any atom is 0.210 e. The fourth-order valence-electron chi connectivity index (χ4n) is 1.33. The van der Waals surface area contributed by atoms with Crippen LogP contribution in [0, 0.1) is 6.92 Å². The lowest BCUT2D eigenvalue weighted by molar-refractivity contribution is 0.412. The van der Waals surface area contributed by atoms with Crippen LogP contribution >= 0.6 is 0 Å². The predicted octanol–water partition coefficient (Wildman–Crippen LogP) is 0.704. The van der Waals surface area contributed by atoms with Crippen LogP contribution in [-0.4, -0.2) is 27.8 Å². The molecule has 0 unspecified atom stereocenters. The average Bonchev–Trinajstić information content (AvgIpc) is 2.16. The minimum atomic E-state index is -3.40. The molecule has 16 heavy (non-hydrogen) atoms. The molecule has 0 radical (unpaired) electrons. The van der Waals surface area contributed by atoms with Crippen molar-refractivity contribution in [3.8, 4) is 5.75 Å². The second kappa shape index (κ2) is 5.18. The first-order valence-electron chi connectivity index (χ1n) is 4.81. The lowest BCUT2D eigenvalue weighted by Crippen LogP contribution is -2.22. The number of hydrogen-bond donors (Lipinski definition) is 2. The van der Waals surface area contributed by atoms with Gasteiger partial charge in [-0.3, -0.25) is 0 Å². The molecule has 0 amide bonds. The van der Waals surface area contributed by atoms with Gasteiger partial charge in [0.2, 0.25) is 10.0 Å². The number of anilines is 1. The first kappa shape index (κ1) is 12.8. The van der Waals surface area contributed by atoms with Crippen molar-refractivity contribution in [1.29, 1.82) is 0 Å². The predicted molar refractivity (Wildman–Crippen MR) is 64.2 cm³/mol. The molecule has 0 aliphatic rings. The normalized spacial score (nSPS) is 11.2. The number of nitrogens with one attached hydrogen (secondary N) is 1. The van der Waals surface area contributed by atoms with E-state index >= 15 is 0 Å². The summed E-state index contributed by atoms with van der Waals surface area (Å²) in [6.45, 7) is 2.22. The van der Waals surface area contributed by atoms with E-state index in [0.717, 1.165) is 17.0 Å². The monoisotopic (exact) mass is 244 g/mol. The molecule has 0 aromatic heterocycles. The van der Waals surface area contributed by atoms with Crippen molar-refractivity contribution < 1.29 is 13.2 Å². The number of sulfonamides is 1. The van der Waals surface area contributed by atoms with Gasteiger partial charge in [-0.15, -0.1) is 0 Å². The molecule has 5 nitrogen and oxygen atoms in total. The maximum absolute atomic E-state index is 10.7. The van der Waals surface area contributed by atoms with Crippen LogP contribution in [0.25, 0.3) is 0 Å². The third-order valence-electron chi connectivity index (χ3n) is 2.11. The molecule has 0 spiro atoms. The maximum atomic E-state index is 10.7. The van der Waals surface area contributed by atoms with Crippen LogP contribution in [-0.2, 0) is 10.0 Å². The van der Waals surface area contributed by atoms with Crippen molar-refractivity contribution in [2.45, 2.75) is 6.92 Å². The summed E-state index contributed by atoms with van der Waals surface area (Å²) in [5.74, 6) is 0.718. The molecule has 0 fully saturated rings. The van der Waals surface area contributed by atoms with E-state index in [0.29, 0.717) is 6.54 Å². The zero-order valence-electron chi connectivity index (χ0n) is 9.36. The number of nitrogens with two attached hydrogens (primary N) is 1. The largest absolute Gasteiger partial charge is 0.496 e.